The van der Waals surface area contributed by atoms with Crippen molar-refractivity contribution in [2.24, 2.45) is 5.73 Å². The molecule has 0 fully saturated rings. The quantitative estimate of drug-likeness (QED) is 0.579. The molecule has 0 aliphatic rings. The summed E-state index contributed by atoms with van der Waals surface area (Å²) in [6.07, 6.45) is 4.02. The Hall–Kier alpha value is -1.55. The van der Waals surface area contributed by atoms with Crippen LogP contribution in [0, 0.1) is 0 Å². The lowest BCUT2D eigenvalue weighted by atomic mass is 10.0. The van der Waals surface area contributed by atoms with Crippen LogP contribution in [-0.4, -0.2) is 12.5 Å². The van der Waals surface area contributed by atoms with E-state index in [0.29, 0.717) is 13.0 Å². The molecule has 0 aliphatic carbocycles. The van der Waals surface area contributed by atoms with Gasteiger partial charge in [0.2, 0.25) is 5.91 Å². The van der Waals surface area contributed by atoms with Crippen molar-refractivity contribution >= 4 is 41.5 Å². The van der Waals surface area contributed by atoms with Gasteiger partial charge in [-0.25, -0.2) is 0 Å². The first-order valence-corrected chi connectivity index (χ1v) is 7.33. The largest absolute Gasteiger partial charge is 0.348 e. The molecule has 2 rings (SSSR count). The third-order valence-corrected chi connectivity index (χ3v) is 3.56. The minimum Gasteiger partial charge on any atom is -0.348 e. The number of amides is 1. The third kappa shape index (κ3) is 6.22. The first kappa shape index (κ1) is 21.4. The normalized spacial score (nSPS) is 11.0. The minimum absolute atomic E-state index is 0. The molecular weight excluding hydrogens is 331 g/mol. The maximum atomic E-state index is 11.9. The molecule has 2 aromatic rings. The monoisotopic (exact) mass is 354 g/mol. The summed E-state index contributed by atoms with van der Waals surface area (Å²) in [5.41, 5.74) is 6.87. The minimum atomic E-state index is -0.133. The second kappa shape index (κ2) is 11.1. The molecule has 5 heteroatoms. The lowest BCUT2D eigenvalue weighted by molar-refractivity contribution is -0.121. The van der Waals surface area contributed by atoms with E-state index in [1.165, 1.54) is 5.39 Å². The molecule has 2 aromatic carbocycles. The van der Waals surface area contributed by atoms with Crippen molar-refractivity contribution in [2.45, 2.75) is 25.3 Å². The second-order valence-electron chi connectivity index (χ2n) is 5.14. The number of unbranched alkanes of at least 4 members (excludes halogenated alkanes) is 1. The summed E-state index contributed by atoms with van der Waals surface area (Å²) in [4.78, 5) is 11.9. The van der Waals surface area contributed by atoms with E-state index in [-0.39, 0.29) is 36.8 Å². The number of nitrogens with two attached hydrogens (primary N) is 1. The van der Waals surface area contributed by atoms with Crippen molar-refractivity contribution < 1.29 is 4.79 Å². The van der Waals surface area contributed by atoms with Gasteiger partial charge >= 0.3 is 0 Å². The smallest absolute Gasteiger partial charge is 0.220 e. The van der Waals surface area contributed by atoms with Crippen LogP contribution in [0.5, 0.6) is 0 Å². The van der Waals surface area contributed by atoms with Gasteiger partial charge in [0.1, 0.15) is 0 Å². The van der Waals surface area contributed by atoms with Gasteiger partial charge in [0.05, 0.1) is 6.04 Å². The summed E-state index contributed by atoms with van der Waals surface area (Å²) in [6.45, 7) is 4.05. The molecule has 0 aromatic heterocycles. The Balaban J connectivity index is 0.00000242. The highest BCUT2D eigenvalue weighted by Gasteiger charge is 2.13. The Morgan fingerprint density at radius 1 is 1.17 bits per heavy atom. The van der Waals surface area contributed by atoms with Crippen molar-refractivity contribution in [1.29, 1.82) is 0 Å². The SMILES string of the molecule is C=CCCCC(=O)NC(CN)c1ccc2ccccc2c1.Cl.Cl. The predicted molar refractivity (Wildman–Crippen MR) is 102 cm³/mol. The molecule has 0 radical (unpaired) electrons. The number of hydrogen-bond acceptors (Lipinski definition) is 2. The lowest BCUT2D eigenvalue weighted by Crippen LogP contribution is -2.33. The molecule has 1 amide bonds. The molecule has 126 valence electrons. The molecule has 1 unspecified atom stereocenters. The fourth-order valence-electron chi connectivity index (χ4n) is 2.38. The number of allylic oxidation sites excluding steroid dienone is 1. The van der Waals surface area contributed by atoms with Gasteiger partial charge in [-0.1, -0.05) is 42.5 Å². The fraction of sp³-hybridized carbons (Fsp3) is 0.278. The van der Waals surface area contributed by atoms with Crippen molar-refractivity contribution in [3.8, 4) is 0 Å². The van der Waals surface area contributed by atoms with Crippen LogP contribution in [0.2, 0.25) is 0 Å². The van der Waals surface area contributed by atoms with Crippen LogP contribution in [0.3, 0.4) is 0 Å². The van der Waals surface area contributed by atoms with Gasteiger partial charge in [0.25, 0.3) is 0 Å². The fourth-order valence-corrected chi connectivity index (χ4v) is 2.38. The molecule has 0 bridgehead atoms. The van der Waals surface area contributed by atoms with Crippen molar-refractivity contribution in [3.63, 3.8) is 0 Å². The zero-order chi connectivity index (χ0) is 15.1. The Bertz CT molecular complexity index is 631. The van der Waals surface area contributed by atoms with Gasteiger partial charge < -0.3 is 11.1 Å². The molecular formula is C18H24Cl2N2O. The summed E-state index contributed by atoms with van der Waals surface area (Å²) in [7, 11) is 0. The van der Waals surface area contributed by atoms with Crippen LogP contribution in [0.15, 0.2) is 55.1 Å². The van der Waals surface area contributed by atoms with E-state index >= 15 is 0 Å². The molecule has 0 saturated heterocycles. The number of benzene rings is 2. The van der Waals surface area contributed by atoms with Crippen LogP contribution in [0.1, 0.15) is 30.9 Å². The van der Waals surface area contributed by atoms with Gasteiger partial charge in [-0.15, -0.1) is 31.4 Å². The predicted octanol–water partition coefficient (Wildman–Crippen LogP) is 4.16. The summed E-state index contributed by atoms with van der Waals surface area (Å²) in [6, 6.07) is 14.2. The first-order valence-electron chi connectivity index (χ1n) is 7.33. The highest BCUT2D eigenvalue weighted by atomic mass is 35.5. The molecule has 3 nitrogen and oxygen atoms in total. The zero-order valence-electron chi connectivity index (χ0n) is 13.0. The maximum absolute atomic E-state index is 11.9. The van der Waals surface area contributed by atoms with Crippen LogP contribution in [0.25, 0.3) is 10.8 Å². The molecule has 0 aliphatic heterocycles. The Kier molecular flexibility index (Phi) is 10.3. The van der Waals surface area contributed by atoms with Gasteiger partial charge in [-0.05, 0) is 35.2 Å². The Morgan fingerprint density at radius 3 is 2.52 bits per heavy atom. The number of fused-ring (bicyclic) bond motifs is 1. The summed E-state index contributed by atoms with van der Waals surface area (Å²) in [5.74, 6) is 0.0421. The molecule has 1 atom stereocenters. The van der Waals surface area contributed by atoms with E-state index in [1.807, 2.05) is 24.3 Å². The standard InChI is InChI=1S/C18H22N2O.2ClH/c1-2-3-4-9-18(21)20-17(13-19)16-11-10-14-7-5-6-8-15(14)12-16;;/h2,5-8,10-12,17H,1,3-4,9,13,19H2,(H,20,21);2*1H. The number of carbonyl (C=O) groups excluding carboxylic acids is 1. The Morgan fingerprint density at radius 2 is 1.87 bits per heavy atom. The van der Waals surface area contributed by atoms with E-state index in [1.54, 1.807) is 0 Å². The lowest BCUT2D eigenvalue weighted by Gasteiger charge is -2.18. The van der Waals surface area contributed by atoms with Crippen LogP contribution in [0.4, 0.5) is 0 Å². The average molecular weight is 355 g/mol. The third-order valence-electron chi connectivity index (χ3n) is 3.56. The molecule has 3 N–H and O–H groups in total. The van der Waals surface area contributed by atoms with E-state index in [2.05, 4.69) is 36.2 Å². The van der Waals surface area contributed by atoms with Crippen molar-refractivity contribution in [3.05, 3.63) is 60.7 Å². The summed E-state index contributed by atoms with van der Waals surface area (Å²) >= 11 is 0. The van der Waals surface area contributed by atoms with Crippen molar-refractivity contribution in [2.75, 3.05) is 6.54 Å². The second-order valence-corrected chi connectivity index (χ2v) is 5.14. The van der Waals surface area contributed by atoms with E-state index in [9.17, 15) is 4.79 Å². The van der Waals surface area contributed by atoms with Crippen molar-refractivity contribution in [1.82, 2.24) is 5.32 Å². The van der Waals surface area contributed by atoms with Crippen LogP contribution >= 0.6 is 24.8 Å². The molecule has 0 saturated carbocycles. The maximum Gasteiger partial charge on any atom is 0.220 e. The van der Waals surface area contributed by atoms with E-state index < -0.39 is 0 Å². The number of rotatable bonds is 7. The zero-order valence-corrected chi connectivity index (χ0v) is 14.7. The van der Waals surface area contributed by atoms with Gasteiger partial charge in [0.15, 0.2) is 0 Å². The highest BCUT2D eigenvalue weighted by Crippen LogP contribution is 2.20. The number of nitrogens with one attached hydrogen (secondary N) is 1. The van der Waals surface area contributed by atoms with Gasteiger partial charge in [-0.2, -0.15) is 0 Å². The number of halogens is 2. The first-order chi connectivity index (χ1) is 10.2. The molecule has 0 heterocycles. The topological polar surface area (TPSA) is 55.1 Å². The number of carbonyl (C=O) groups is 1. The van der Waals surface area contributed by atoms with Gasteiger partial charge in [-0.3, -0.25) is 4.79 Å². The highest BCUT2D eigenvalue weighted by molar-refractivity contribution is 5.85. The van der Waals surface area contributed by atoms with E-state index in [4.69, 9.17) is 5.73 Å². The summed E-state index contributed by atoms with van der Waals surface area (Å²) < 4.78 is 0. The van der Waals surface area contributed by atoms with Gasteiger partial charge in [0, 0.05) is 13.0 Å². The Labute approximate surface area is 150 Å². The van der Waals surface area contributed by atoms with Crippen LogP contribution in [-0.2, 0) is 4.79 Å². The summed E-state index contributed by atoms with van der Waals surface area (Å²) in [5, 5.41) is 5.36. The molecule has 23 heavy (non-hydrogen) atoms. The molecule has 0 spiro atoms. The van der Waals surface area contributed by atoms with Crippen LogP contribution < -0.4 is 11.1 Å². The van der Waals surface area contributed by atoms with E-state index in [0.717, 1.165) is 23.8 Å². The number of hydrogen-bond donors (Lipinski definition) is 2. The average Bonchev–Trinajstić information content (AvgIpc) is 2.52.